The molecule has 2 atom stereocenters. The summed E-state index contributed by atoms with van der Waals surface area (Å²) in [4.78, 5) is 10.9. The lowest BCUT2D eigenvalue weighted by molar-refractivity contribution is -0.121. The molecule has 0 bridgehead atoms. The first-order valence-electron chi connectivity index (χ1n) is 5.13. The normalized spacial score (nSPS) is 27.7. The maximum absolute atomic E-state index is 10.9. The van der Waals surface area contributed by atoms with Crippen LogP contribution in [0.5, 0.6) is 0 Å². The molecule has 0 radical (unpaired) electrons. The van der Waals surface area contributed by atoms with Crippen LogP contribution in [0.15, 0.2) is 0 Å². The van der Waals surface area contributed by atoms with Crippen molar-refractivity contribution in [2.24, 2.45) is 11.8 Å². The van der Waals surface area contributed by atoms with Gasteiger partial charge in [-0.15, -0.1) is 0 Å². The second-order valence-corrected chi connectivity index (χ2v) is 3.83. The van der Waals surface area contributed by atoms with Crippen LogP contribution in [-0.2, 0) is 4.79 Å². The van der Waals surface area contributed by atoms with Crippen LogP contribution < -0.4 is 0 Å². The summed E-state index contributed by atoms with van der Waals surface area (Å²) < 4.78 is 0. The number of hydrogen-bond donors (Lipinski definition) is 0. The smallest absolute Gasteiger partial charge is 0.133 e. The molecule has 0 heterocycles. The van der Waals surface area contributed by atoms with E-state index in [1.807, 2.05) is 0 Å². The van der Waals surface area contributed by atoms with Crippen molar-refractivity contribution in [1.29, 1.82) is 0 Å². The first-order chi connectivity index (χ1) is 5.63. The molecule has 0 aromatic rings. The highest BCUT2D eigenvalue weighted by Gasteiger charge is 2.26. The molecule has 12 heavy (non-hydrogen) atoms. The molecular weight excluding hydrogens is 148 g/mol. The fourth-order valence-corrected chi connectivity index (χ4v) is 1.75. The zero-order valence-electron chi connectivity index (χ0n) is 8.89. The third kappa shape index (κ3) is 3.89. The van der Waals surface area contributed by atoms with Crippen molar-refractivity contribution < 1.29 is 4.79 Å². The lowest BCUT2D eigenvalue weighted by atomic mass is 9.95. The number of ketones is 1. The monoisotopic (exact) mass is 170 g/mol. The number of carbonyl (C=O) groups excluding carboxylic acids is 1. The summed E-state index contributed by atoms with van der Waals surface area (Å²) in [6.45, 7) is 8.14. The maximum Gasteiger partial charge on any atom is 0.133 e. The van der Waals surface area contributed by atoms with Gasteiger partial charge in [0, 0.05) is 5.92 Å². The quantitative estimate of drug-likeness (QED) is 0.589. The summed E-state index contributed by atoms with van der Waals surface area (Å²) in [6.07, 6.45) is 4.89. The Morgan fingerprint density at radius 3 is 2.00 bits per heavy atom. The summed E-state index contributed by atoms with van der Waals surface area (Å²) in [5.74, 6) is 1.44. The van der Waals surface area contributed by atoms with E-state index in [4.69, 9.17) is 0 Å². The summed E-state index contributed by atoms with van der Waals surface area (Å²) in [7, 11) is 0. The SMILES string of the molecule is CC(=O)C1CCC[C@H]1C.CCC. The van der Waals surface area contributed by atoms with Crippen molar-refractivity contribution in [1.82, 2.24) is 0 Å². The first-order valence-corrected chi connectivity index (χ1v) is 5.13. The Labute approximate surface area is 76.6 Å². The molecule has 1 fully saturated rings. The van der Waals surface area contributed by atoms with Gasteiger partial charge in [-0.1, -0.05) is 33.6 Å². The zero-order chi connectivity index (χ0) is 9.56. The molecule has 1 saturated carbocycles. The second-order valence-electron chi connectivity index (χ2n) is 3.83. The number of Topliss-reactive ketones (excluding diaryl/α,β-unsaturated/α-hetero) is 1. The van der Waals surface area contributed by atoms with E-state index in [2.05, 4.69) is 20.8 Å². The van der Waals surface area contributed by atoms with E-state index in [0.29, 0.717) is 17.6 Å². The van der Waals surface area contributed by atoms with Gasteiger partial charge in [0.15, 0.2) is 0 Å². The molecule has 1 unspecified atom stereocenters. The minimum Gasteiger partial charge on any atom is -0.300 e. The van der Waals surface area contributed by atoms with Crippen molar-refractivity contribution in [3.8, 4) is 0 Å². The van der Waals surface area contributed by atoms with E-state index in [0.717, 1.165) is 6.42 Å². The molecule has 0 amide bonds. The van der Waals surface area contributed by atoms with Crippen molar-refractivity contribution in [3.05, 3.63) is 0 Å². The average Bonchev–Trinajstić information content (AvgIpc) is 2.36. The fourth-order valence-electron chi connectivity index (χ4n) is 1.75. The Morgan fingerprint density at radius 2 is 1.83 bits per heavy atom. The van der Waals surface area contributed by atoms with Crippen LogP contribution in [0.25, 0.3) is 0 Å². The highest BCUT2D eigenvalue weighted by Crippen LogP contribution is 2.31. The molecule has 1 aliphatic carbocycles. The van der Waals surface area contributed by atoms with E-state index in [9.17, 15) is 4.79 Å². The van der Waals surface area contributed by atoms with Crippen molar-refractivity contribution in [2.75, 3.05) is 0 Å². The molecule has 0 aromatic carbocycles. The minimum atomic E-state index is 0.389. The van der Waals surface area contributed by atoms with Gasteiger partial charge in [0.25, 0.3) is 0 Å². The van der Waals surface area contributed by atoms with Gasteiger partial charge in [0.05, 0.1) is 0 Å². The highest BCUT2D eigenvalue weighted by atomic mass is 16.1. The van der Waals surface area contributed by atoms with Crippen molar-refractivity contribution in [2.45, 2.75) is 53.4 Å². The Kier molecular flexibility index (Phi) is 6.04. The largest absolute Gasteiger partial charge is 0.300 e. The summed E-state index contributed by atoms with van der Waals surface area (Å²) in [5.41, 5.74) is 0. The molecule has 0 aliphatic heterocycles. The van der Waals surface area contributed by atoms with Gasteiger partial charge >= 0.3 is 0 Å². The summed E-state index contributed by atoms with van der Waals surface area (Å²) in [5, 5.41) is 0. The summed E-state index contributed by atoms with van der Waals surface area (Å²) >= 11 is 0. The van der Waals surface area contributed by atoms with Gasteiger partial charge in [0.2, 0.25) is 0 Å². The Morgan fingerprint density at radius 1 is 1.33 bits per heavy atom. The van der Waals surface area contributed by atoms with Crippen molar-refractivity contribution >= 4 is 5.78 Å². The molecule has 1 rings (SSSR count). The fraction of sp³-hybridized carbons (Fsp3) is 0.909. The lowest BCUT2D eigenvalue weighted by Crippen LogP contribution is -2.12. The standard InChI is InChI=1S/C8H14O.C3H8/c1-6-4-3-5-8(6)7(2)9;1-3-2/h6,8H,3-5H2,1-2H3;3H2,1-2H3/t6-,8?;/m1./s1. The molecule has 0 spiro atoms. The van der Waals surface area contributed by atoms with Crippen LogP contribution >= 0.6 is 0 Å². The molecule has 0 N–H and O–H groups in total. The van der Waals surface area contributed by atoms with Gasteiger partial charge in [-0.25, -0.2) is 0 Å². The third-order valence-corrected chi connectivity index (χ3v) is 2.38. The van der Waals surface area contributed by atoms with Crippen LogP contribution in [-0.4, -0.2) is 5.78 Å². The van der Waals surface area contributed by atoms with Gasteiger partial charge in [-0.2, -0.15) is 0 Å². The van der Waals surface area contributed by atoms with Crippen LogP contribution in [0, 0.1) is 11.8 Å². The average molecular weight is 170 g/mol. The first kappa shape index (κ1) is 11.7. The zero-order valence-corrected chi connectivity index (χ0v) is 8.89. The maximum atomic E-state index is 10.9. The Bertz CT molecular complexity index is 129. The van der Waals surface area contributed by atoms with Crippen LogP contribution in [0.4, 0.5) is 0 Å². The molecule has 0 aromatic heterocycles. The number of hydrogen-bond acceptors (Lipinski definition) is 1. The van der Waals surface area contributed by atoms with Crippen LogP contribution in [0.1, 0.15) is 53.4 Å². The molecular formula is C11H22O. The van der Waals surface area contributed by atoms with E-state index in [1.165, 1.54) is 19.3 Å². The van der Waals surface area contributed by atoms with E-state index in [1.54, 1.807) is 6.92 Å². The number of rotatable bonds is 1. The highest BCUT2D eigenvalue weighted by molar-refractivity contribution is 5.78. The van der Waals surface area contributed by atoms with Crippen molar-refractivity contribution in [3.63, 3.8) is 0 Å². The molecule has 1 aliphatic rings. The summed E-state index contributed by atoms with van der Waals surface area (Å²) in [6, 6.07) is 0. The topological polar surface area (TPSA) is 17.1 Å². The van der Waals surface area contributed by atoms with E-state index >= 15 is 0 Å². The Balaban J connectivity index is 0.000000354. The molecule has 0 saturated heterocycles. The molecule has 1 heteroatoms. The lowest BCUT2D eigenvalue weighted by Gasteiger charge is -2.09. The second kappa shape index (κ2) is 6.22. The van der Waals surface area contributed by atoms with E-state index in [-0.39, 0.29) is 0 Å². The minimum absolute atomic E-state index is 0.389. The molecule has 1 nitrogen and oxygen atoms in total. The van der Waals surface area contributed by atoms with Crippen LogP contribution in [0.2, 0.25) is 0 Å². The predicted octanol–water partition coefficient (Wildman–Crippen LogP) is 3.43. The van der Waals surface area contributed by atoms with Gasteiger partial charge in [-0.05, 0) is 25.7 Å². The third-order valence-electron chi connectivity index (χ3n) is 2.38. The predicted molar refractivity (Wildman–Crippen MR) is 53.2 cm³/mol. The van der Waals surface area contributed by atoms with Gasteiger partial charge in [0.1, 0.15) is 5.78 Å². The van der Waals surface area contributed by atoms with Gasteiger partial charge in [-0.3, -0.25) is 4.79 Å². The number of carbonyl (C=O) groups is 1. The molecule has 72 valence electrons. The van der Waals surface area contributed by atoms with E-state index < -0.39 is 0 Å². The van der Waals surface area contributed by atoms with Crippen LogP contribution in [0.3, 0.4) is 0 Å². The van der Waals surface area contributed by atoms with Gasteiger partial charge < -0.3 is 0 Å². The Hall–Kier alpha value is -0.330.